The molecule has 2 aromatic rings. The molecule has 21 heavy (non-hydrogen) atoms. The highest BCUT2D eigenvalue weighted by Crippen LogP contribution is 2.21. The fraction of sp³-hybridized carbons (Fsp3) is 0.125. The van der Waals surface area contributed by atoms with E-state index in [9.17, 15) is 9.18 Å². The van der Waals surface area contributed by atoms with E-state index >= 15 is 0 Å². The zero-order chi connectivity index (χ0) is 15.4. The molecule has 0 bridgehead atoms. The van der Waals surface area contributed by atoms with Gasteiger partial charge in [0.25, 0.3) is 5.91 Å². The number of hydrogen-bond donors (Lipinski definition) is 1. The Morgan fingerprint density at radius 2 is 2.10 bits per heavy atom. The number of benzene rings is 2. The smallest absolute Gasteiger partial charge is 0.255 e. The molecule has 0 heterocycles. The Bertz CT molecular complexity index is 736. The number of nitrogens with one attached hydrogen (secondary N) is 1. The molecule has 0 atom stereocenters. The van der Waals surface area contributed by atoms with Gasteiger partial charge in [0, 0.05) is 5.56 Å². The summed E-state index contributed by atoms with van der Waals surface area (Å²) in [6.45, 7) is 1.79. The van der Waals surface area contributed by atoms with E-state index in [0.717, 1.165) is 11.6 Å². The molecule has 0 aliphatic rings. The largest absolute Gasteiger partial charge is 0.494 e. The van der Waals surface area contributed by atoms with Crippen molar-refractivity contribution in [3.8, 4) is 11.8 Å². The third-order valence-corrected chi connectivity index (χ3v) is 3.05. The van der Waals surface area contributed by atoms with E-state index < -0.39 is 11.7 Å². The molecular weight excluding hydrogens is 271 g/mol. The van der Waals surface area contributed by atoms with Crippen LogP contribution in [0.25, 0.3) is 0 Å². The Balaban J connectivity index is 2.31. The zero-order valence-corrected chi connectivity index (χ0v) is 11.6. The molecule has 0 aliphatic carbocycles. The van der Waals surface area contributed by atoms with E-state index in [2.05, 4.69) is 11.4 Å². The summed E-state index contributed by atoms with van der Waals surface area (Å²) in [6.07, 6.45) is 0. The molecule has 0 radical (unpaired) electrons. The van der Waals surface area contributed by atoms with Crippen molar-refractivity contribution in [2.75, 3.05) is 12.4 Å². The van der Waals surface area contributed by atoms with Gasteiger partial charge in [0.15, 0.2) is 11.6 Å². The minimum atomic E-state index is -0.540. The van der Waals surface area contributed by atoms with E-state index in [1.54, 1.807) is 25.1 Å². The molecule has 0 saturated heterocycles. The Morgan fingerprint density at radius 1 is 1.33 bits per heavy atom. The van der Waals surface area contributed by atoms with Gasteiger partial charge in [-0.2, -0.15) is 5.26 Å². The zero-order valence-electron chi connectivity index (χ0n) is 11.6. The van der Waals surface area contributed by atoms with Crippen LogP contribution in [-0.4, -0.2) is 13.0 Å². The van der Waals surface area contributed by atoms with Crippen LogP contribution >= 0.6 is 0 Å². The Morgan fingerprint density at radius 3 is 2.76 bits per heavy atom. The maximum Gasteiger partial charge on any atom is 0.255 e. The fourth-order valence-corrected chi connectivity index (χ4v) is 1.92. The summed E-state index contributed by atoms with van der Waals surface area (Å²) in [6, 6.07) is 11.1. The third-order valence-electron chi connectivity index (χ3n) is 3.05. The van der Waals surface area contributed by atoms with Gasteiger partial charge < -0.3 is 10.1 Å². The van der Waals surface area contributed by atoms with Crippen molar-refractivity contribution < 1.29 is 13.9 Å². The predicted octanol–water partition coefficient (Wildman–Crippen LogP) is 3.27. The van der Waals surface area contributed by atoms with Crippen LogP contribution in [0, 0.1) is 24.1 Å². The second-order valence-corrected chi connectivity index (χ2v) is 4.41. The van der Waals surface area contributed by atoms with Gasteiger partial charge in [-0.3, -0.25) is 4.79 Å². The molecule has 0 aliphatic heterocycles. The summed E-state index contributed by atoms with van der Waals surface area (Å²) in [5.41, 5.74) is 1.84. The van der Waals surface area contributed by atoms with Gasteiger partial charge in [0.2, 0.25) is 0 Å². The van der Waals surface area contributed by atoms with Crippen LogP contribution < -0.4 is 10.1 Å². The highest BCUT2D eigenvalue weighted by atomic mass is 19.1. The van der Waals surface area contributed by atoms with E-state index in [1.165, 1.54) is 19.2 Å². The van der Waals surface area contributed by atoms with Crippen LogP contribution in [0.1, 0.15) is 21.5 Å². The quantitative estimate of drug-likeness (QED) is 0.941. The summed E-state index contributed by atoms with van der Waals surface area (Å²) >= 11 is 0. The molecule has 1 N–H and O–H groups in total. The summed E-state index contributed by atoms with van der Waals surface area (Å²) in [4.78, 5) is 12.2. The number of carbonyl (C=O) groups is 1. The minimum Gasteiger partial charge on any atom is -0.494 e. The summed E-state index contributed by atoms with van der Waals surface area (Å²) < 4.78 is 18.2. The molecular formula is C16H13FN2O2. The third kappa shape index (κ3) is 3.00. The van der Waals surface area contributed by atoms with Crippen molar-refractivity contribution in [3.05, 3.63) is 58.9 Å². The molecule has 5 heteroatoms. The van der Waals surface area contributed by atoms with Crippen molar-refractivity contribution in [2.45, 2.75) is 6.92 Å². The lowest BCUT2D eigenvalue weighted by atomic mass is 10.1. The number of methoxy groups -OCH3 is 1. The Kier molecular flexibility index (Phi) is 4.19. The number of nitrogens with zero attached hydrogens (tertiary/aromatic N) is 1. The van der Waals surface area contributed by atoms with Crippen molar-refractivity contribution >= 4 is 11.6 Å². The lowest BCUT2D eigenvalue weighted by molar-refractivity contribution is 0.102. The van der Waals surface area contributed by atoms with Gasteiger partial charge in [-0.05, 0) is 36.8 Å². The molecule has 2 rings (SSSR count). The lowest BCUT2D eigenvalue weighted by Gasteiger charge is -2.10. The monoisotopic (exact) mass is 284 g/mol. The molecule has 1 amide bonds. The van der Waals surface area contributed by atoms with E-state index in [4.69, 9.17) is 10.00 Å². The first-order chi connectivity index (χ1) is 10.1. The Hall–Kier alpha value is -2.87. The van der Waals surface area contributed by atoms with Crippen molar-refractivity contribution in [2.24, 2.45) is 0 Å². The molecule has 0 unspecified atom stereocenters. The van der Waals surface area contributed by atoms with Crippen LogP contribution in [0.3, 0.4) is 0 Å². The van der Waals surface area contributed by atoms with Crippen molar-refractivity contribution in [3.63, 3.8) is 0 Å². The second-order valence-electron chi connectivity index (χ2n) is 4.41. The molecule has 4 nitrogen and oxygen atoms in total. The lowest BCUT2D eigenvalue weighted by Crippen LogP contribution is -2.13. The molecule has 2 aromatic carbocycles. The highest BCUT2D eigenvalue weighted by molar-refractivity contribution is 6.05. The van der Waals surface area contributed by atoms with E-state index in [0.29, 0.717) is 11.3 Å². The SMILES string of the molecule is COc1cc(C(=O)Nc2cccc(C)c2C#N)ccc1F. The van der Waals surface area contributed by atoms with Crippen LogP contribution in [0.5, 0.6) is 5.75 Å². The number of ether oxygens (including phenoxy) is 1. The molecule has 106 valence electrons. The summed E-state index contributed by atoms with van der Waals surface area (Å²) in [5.74, 6) is -0.981. The van der Waals surface area contributed by atoms with Gasteiger partial charge in [-0.1, -0.05) is 12.1 Å². The predicted molar refractivity (Wildman–Crippen MR) is 76.8 cm³/mol. The van der Waals surface area contributed by atoms with Gasteiger partial charge in [0.05, 0.1) is 18.4 Å². The first kappa shape index (κ1) is 14.5. The van der Waals surface area contributed by atoms with E-state index in [1.807, 2.05) is 0 Å². The minimum absolute atomic E-state index is 0.00704. The molecule has 0 saturated carbocycles. The molecule has 0 fully saturated rings. The Labute approximate surface area is 121 Å². The number of anilines is 1. The van der Waals surface area contributed by atoms with Crippen LogP contribution in [0.2, 0.25) is 0 Å². The van der Waals surface area contributed by atoms with Crippen LogP contribution in [-0.2, 0) is 0 Å². The van der Waals surface area contributed by atoms with Gasteiger partial charge in [0.1, 0.15) is 6.07 Å². The summed E-state index contributed by atoms with van der Waals surface area (Å²) in [7, 11) is 1.33. The van der Waals surface area contributed by atoms with Gasteiger partial charge >= 0.3 is 0 Å². The first-order valence-electron chi connectivity index (χ1n) is 6.21. The number of hydrogen-bond acceptors (Lipinski definition) is 3. The van der Waals surface area contributed by atoms with Crippen LogP contribution in [0.4, 0.5) is 10.1 Å². The molecule has 0 spiro atoms. The van der Waals surface area contributed by atoms with Gasteiger partial charge in [-0.25, -0.2) is 4.39 Å². The van der Waals surface area contributed by atoms with Gasteiger partial charge in [-0.15, -0.1) is 0 Å². The number of carbonyl (C=O) groups excluding carboxylic acids is 1. The average Bonchev–Trinajstić information content (AvgIpc) is 2.48. The normalized spacial score (nSPS) is 9.81. The maximum atomic E-state index is 13.3. The van der Waals surface area contributed by atoms with Crippen molar-refractivity contribution in [1.29, 1.82) is 5.26 Å². The maximum absolute atomic E-state index is 13.3. The first-order valence-corrected chi connectivity index (χ1v) is 6.21. The van der Waals surface area contributed by atoms with Crippen molar-refractivity contribution in [1.82, 2.24) is 0 Å². The number of amides is 1. The number of rotatable bonds is 3. The van der Waals surface area contributed by atoms with Crippen LogP contribution in [0.15, 0.2) is 36.4 Å². The number of aryl methyl sites for hydroxylation is 1. The second kappa shape index (κ2) is 6.06. The summed E-state index contributed by atoms with van der Waals surface area (Å²) in [5, 5.41) is 11.8. The topological polar surface area (TPSA) is 62.1 Å². The average molecular weight is 284 g/mol. The highest BCUT2D eigenvalue weighted by Gasteiger charge is 2.13. The van der Waals surface area contributed by atoms with E-state index in [-0.39, 0.29) is 11.3 Å². The fourth-order valence-electron chi connectivity index (χ4n) is 1.92. The number of halogens is 1. The molecule has 0 aromatic heterocycles. The standard InChI is InChI=1S/C16H13FN2O2/c1-10-4-3-5-14(12(10)9-18)19-16(20)11-6-7-13(17)15(8-11)21-2/h3-8H,1-2H3,(H,19,20). The number of nitriles is 1.